The Morgan fingerprint density at radius 2 is 1.08 bits per heavy atom. The number of nitrogens with zero attached hydrogens (tertiary/aromatic N) is 2. The van der Waals surface area contributed by atoms with E-state index in [9.17, 15) is 4.79 Å². The van der Waals surface area contributed by atoms with Crippen LogP contribution in [0.5, 0.6) is 0 Å². The van der Waals surface area contributed by atoms with E-state index in [1.807, 2.05) is 0 Å². The molecule has 1 amide bonds. The van der Waals surface area contributed by atoms with Crippen LogP contribution in [0.1, 0.15) is 177 Å². The van der Waals surface area contributed by atoms with Gasteiger partial charge in [0.25, 0.3) is 5.91 Å². The number of rotatable bonds is 19. The predicted molar refractivity (Wildman–Crippen MR) is 168 cm³/mol. The van der Waals surface area contributed by atoms with Crippen molar-refractivity contribution in [3.05, 3.63) is 0 Å². The van der Waals surface area contributed by atoms with Gasteiger partial charge in [-0.25, -0.2) is 0 Å². The Morgan fingerprint density at radius 3 is 1.46 bits per heavy atom. The predicted octanol–water partition coefficient (Wildman–Crippen LogP) is 9.89. The summed E-state index contributed by atoms with van der Waals surface area (Å²) < 4.78 is 6.96. The van der Waals surface area contributed by atoms with Crippen LogP contribution < -0.4 is 0 Å². The van der Waals surface area contributed by atoms with Crippen LogP contribution in [0.15, 0.2) is 0 Å². The molecule has 2 saturated heterocycles. The van der Waals surface area contributed by atoms with E-state index in [2.05, 4.69) is 72.2 Å². The van der Waals surface area contributed by atoms with Crippen LogP contribution in [0.2, 0.25) is 0 Å². The summed E-state index contributed by atoms with van der Waals surface area (Å²) in [7, 11) is 2.23. The summed E-state index contributed by atoms with van der Waals surface area (Å²) in [5, 5.41) is 0. The Morgan fingerprint density at radius 1 is 0.692 bits per heavy atom. The first-order valence-corrected chi connectivity index (χ1v) is 17.1. The van der Waals surface area contributed by atoms with Crippen molar-refractivity contribution in [2.45, 2.75) is 200 Å². The molecule has 2 aliphatic heterocycles. The maximum atomic E-state index is 13.9. The third-order valence-corrected chi connectivity index (χ3v) is 9.87. The molecule has 39 heavy (non-hydrogen) atoms. The van der Waals surface area contributed by atoms with Gasteiger partial charge in [0, 0.05) is 30.5 Å². The molecule has 0 radical (unpaired) electrons. The van der Waals surface area contributed by atoms with E-state index in [1.54, 1.807) is 0 Å². The van der Waals surface area contributed by atoms with Gasteiger partial charge in [-0.2, -0.15) is 0 Å². The highest BCUT2D eigenvalue weighted by Gasteiger charge is 2.64. The molecule has 2 aliphatic rings. The third-order valence-electron chi connectivity index (χ3n) is 9.87. The average molecular weight is 549 g/mol. The monoisotopic (exact) mass is 549 g/mol. The van der Waals surface area contributed by atoms with Crippen molar-refractivity contribution in [1.82, 2.24) is 9.80 Å². The topological polar surface area (TPSA) is 32.8 Å². The summed E-state index contributed by atoms with van der Waals surface area (Å²) in [5.74, 6) is 0.659. The number of amides is 1. The van der Waals surface area contributed by atoms with Crippen molar-refractivity contribution >= 4 is 5.91 Å². The molecule has 0 aromatic carbocycles. The van der Waals surface area contributed by atoms with E-state index in [-0.39, 0.29) is 17.0 Å². The van der Waals surface area contributed by atoms with Crippen molar-refractivity contribution in [3.63, 3.8) is 0 Å². The van der Waals surface area contributed by atoms with E-state index in [0.717, 1.165) is 32.2 Å². The molecular formula is C35H68N2O2. The van der Waals surface area contributed by atoms with Gasteiger partial charge in [-0.15, -0.1) is 0 Å². The number of unbranched alkanes of at least 4 members (excludes halogenated alkanes) is 15. The molecule has 230 valence electrons. The Kier molecular flexibility index (Phi) is 13.8. The van der Waals surface area contributed by atoms with Crippen LogP contribution in [0, 0.1) is 5.92 Å². The number of carbonyl (C=O) groups is 1. The second-order valence-corrected chi connectivity index (χ2v) is 15.2. The average Bonchev–Trinajstić information content (AvgIpc) is 3.01. The molecule has 0 bridgehead atoms. The van der Waals surface area contributed by atoms with E-state index in [1.165, 1.54) is 96.3 Å². The van der Waals surface area contributed by atoms with Gasteiger partial charge in [0.1, 0.15) is 11.3 Å². The number of likely N-dealkylation sites (tertiary alicyclic amines) is 1. The fourth-order valence-corrected chi connectivity index (χ4v) is 7.75. The quantitative estimate of drug-likeness (QED) is 0.151. The first-order valence-electron chi connectivity index (χ1n) is 17.1. The number of piperidine rings is 1. The number of ether oxygens (including phenoxy) is 1. The van der Waals surface area contributed by atoms with E-state index < -0.39 is 11.3 Å². The van der Waals surface area contributed by atoms with Crippen LogP contribution in [0.4, 0.5) is 0 Å². The lowest BCUT2D eigenvalue weighted by Gasteiger charge is -2.58. The fourth-order valence-electron chi connectivity index (χ4n) is 7.75. The van der Waals surface area contributed by atoms with Crippen LogP contribution >= 0.6 is 0 Å². The molecule has 1 unspecified atom stereocenters. The number of carbonyl (C=O) groups excluding carboxylic acids is 1. The summed E-state index contributed by atoms with van der Waals surface area (Å²) >= 11 is 0. The van der Waals surface area contributed by atoms with Crippen LogP contribution in [-0.2, 0) is 9.53 Å². The molecular weight excluding hydrogens is 480 g/mol. The van der Waals surface area contributed by atoms with Gasteiger partial charge in [0.15, 0.2) is 0 Å². The van der Waals surface area contributed by atoms with Gasteiger partial charge in [-0.3, -0.25) is 9.69 Å². The second kappa shape index (κ2) is 15.6. The minimum atomic E-state index is -0.703. The van der Waals surface area contributed by atoms with Crippen LogP contribution in [-0.4, -0.2) is 51.7 Å². The smallest absolute Gasteiger partial charge is 0.256 e. The molecule has 0 aromatic rings. The highest BCUT2D eigenvalue weighted by Crippen LogP contribution is 2.52. The molecule has 0 N–H and O–H groups in total. The standard InChI is InChI=1S/C35H68N2O2/c1-10-11-12-13-14-15-16-17-18-19-20-21-22-23-24-25-26-37-31(38)34(8,27-30(2)3)39-35(37)28-32(4,5)36(9)33(6,7)29-35/h30H,10-29H2,1-9H3. The zero-order valence-electron chi connectivity index (χ0n) is 27.9. The molecule has 2 fully saturated rings. The number of hydrogen-bond donors (Lipinski definition) is 0. The molecule has 0 aromatic heterocycles. The Bertz CT molecular complexity index is 697. The summed E-state index contributed by atoms with van der Waals surface area (Å²) in [6.07, 6.45) is 24.5. The SMILES string of the molecule is CCCCCCCCCCCCCCCCCCN1C(=O)C(C)(CC(C)C)OC12CC(C)(C)N(C)C(C)(C)C2. The summed E-state index contributed by atoms with van der Waals surface area (Å²) in [5.41, 5.74) is -1.25. The zero-order chi connectivity index (χ0) is 29.2. The summed E-state index contributed by atoms with van der Waals surface area (Å²) in [6.45, 7) is 18.8. The molecule has 2 heterocycles. The molecule has 4 heteroatoms. The minimum absolute atomic E-state index is 0.0298. The lowest BCUT2D eigenvalue weighted by atomic mass is 9.74. The van der Waals surface area contributed by atoms with Gasteiger partial charge >= 0.3 is 0 Å². The maximum Gasteiger partial charge on any atom is 0.256 e. The van der Waals surface area contributed by atoms with Crippen molar-refractivity contribution in [1.29, 1.82) is 0 Å². The molecule has 1 spiro atoms. The van der Waals surface area contributed by atoms with E-state index in [0.29, 0.717) is 5.92 Å². The molecule has 4 nitrogen and oxygen atoms in total. The lowest BCUT2D eigenvalue weighted by molar-refractivity contribution is -0.213. The Hall–Kier alpha value is -0.610. The van der Waals surface area contributed by atoms with Gasteiger partial charge < -0.3 is 9.64 Å². The van der Waals surface area contributed by atoms with Crippen LogP contribution in [0.25, 0.3) is 0 Å². The lowest BCUT2D eigenvalue weighted by Crippen LogP contribution is -2.67. The van der Waals surface area contributed by atoms with Gasteiger partial charge in [-0.1, -0.05) is 117 Å². The summed E-state index contributed by atoms with van der Waals surface area (Å²) in [4.78, 5) is 18.6. The molecule has 1 atom stereocenters. The van der Waals surface area contributed by atoms with Crippen LogP contribution in [0.3, 0.4) is 0 Å². The van der Waals surface area contributed by atoms with Crippen molar-refractivity contribution in [3.8, 4) is 0 Å². The van der Waals surface area contributed by atoms with Crippen molar-refractivity contribution < 1.29 is 9.53 Å². The Labute approximate surface area is 244 Å². The maximum absolute atomic E-state index is 13.9. The zero-order valence-corrected chi connectivity index (χ0v) is 27.9. The summed E-state index contributed by atoms with van der Waals surface area (Å²) in [6, 6.07) is 0. The minimum Gasteiger partial charge on any atom is -0.339 e. The molecule has 0 saturated carbocycles. The first-order chi connectivity index (χ1) is 18.3. The van der Waals surface area contributed by atoms with Gasteiger partial charge in [0.05, 0.1) is 0 Å². The highest BCUT2D eigenvalue weighted by molar-refractivity contribution is 5.87. The molecule has 2 rings (SSSR count). The van der Waals surface area contributed by atoms with E-state index >= 15 is 0 Å². The normalized spacial score (nSPS) is 24.4. The second-order valence-electron chi connectivity index (χ2n) is 15.2. The van der Waals surface area contributed by atoms with E-state index in [4.69, 9.17) is 4.74 Å². The highest BCUT2D eigenvalue weighted by atomic mass is 16.6. The Balaban J connectivity index is 1.75. The first kappa shape index (κ1) is 34.6. The largest absolute Gasteiger partial charge is 0.339 e. The molecule has 0 aliphatic carbocycles. The van der Waals surface area contributed by atoms with Gasteiger partial charge in [0.2, 0.25) is 0 Å². The third kappa shape index (κ3) is 10.0. The van der Waals surface area contributed by atoms with Crippen molar-refractivity contribution in [2.75, 3.05) is 13.6 Å². The van der Waals surface area contributed by atoms with Gasteiger partial charge in [-0.05, 0) is 60.4 Å². The van der Waals surface area contributed by atoms with Crippen molar-refractivity contribution in [2.24, 2.45) is 5.92 Å². The number of hydrogen-bond acceptors (Lipinski definition) is 3. The fraction of sp³-hybridized carbons (Fsp3) is 0.971.